The van der Waals surface area contributed by atoms with Gasteiger partial charge in [0.25, 0.3) is 0 Å². The Morgan fingerprint density at radius 3 is 3.24 bits per heavy atom. The van der Waals surface area contributed by atoms with E-state index in [-0.39, 0.29) is 0 Å². The van der Waals surface area contributed by atoms with Crippen LogP contribution in [0.1, 0.15) is 16.8 Å². The molecule has 1 aliphatic rings. The van der Waals surface area contributed by atoms with Crippen molar-refractivity contribution in [1.29, 1.82) is 0 Å². The number of aromatic amines is 1. The fourth-order valence-electron chi connectivity index (χ4n) is 2.36. The molecule has 0 aliphatic carbocycles. The summed E-state index contributed by atoms with van der Waals surface area (Å²) in [6.45, 7) is 2.12. The summed E-state index contributed by atoms with van der Waals surface area (Å²) in [5.74, 6) is 0. The third kappa shape index (κ3) is 1.88. The van der Waals surface area contributed by atoms with Crippen LogP contribution in [0.25, 0.3) is 17.0 Å². The number of hydrogen-bond acceptors (Lipinski definition) is 2. The third-order valence-electron chi connectivity index (χ3n) is 3.21. The van der Waals surface area contributed by atoms with Gasteiger partial charge in [0.05, 0.1) is 13.2 Å². The lowest BCUT2D eigenvalue weighted by atomic mass is 10.1. The molecule has 3 heteroatoms. The van der Waals surface area contributed by atoms with Gasteiger partial charge in [0.2, 0.25) is 0 Å². The molecule has 2 aromatic rings. The Kier molecular flexibility index (Phi) is 2.71. The van der Waals surface area contributed by atoms with Crippen LogP contribution in [-0.2, 0) is 17.8 Å². The Balaban J connectivity index is 2.11. The third-order valence-corrected chi connectivity index (χ3v) is 3.21. The van der Waals surface area contributed by atoms with Crippen molar-refractivity contribution < 1.29 is 4.74 Å². The number of nitrogens with one attached hydrogen (secondary N) is 1. The lowest BCUT2D eigenvalue weighted by Crippen LogP contribution is -2.08. The molecule has 3 N–H and O–H groups in total. The summed E-state index contributed by atoms with van der Waals surface area (Å²) >= 11 is 0. The molecule has 0 saturated carbocycles. The van der Waals surface area contributed by atoms with Gasteiger partial charge in [-0.1, -0.05) is 18.2 Å². The number of benzene rings is 1. The quantitative estimate of drug-likeness (QED) is 0.828. The lowest BCUT2D eigenvalue weighted by Gasteiger charge is -2.11. The van der Waals surface area contributed by atoms with Crippen LogP contribution in [0.4, 0.5) is 0 Å². The first kappa shape index (κ1) is 10.6. The van der Waals surface area contributed by atoms with Gasteiger partial charge in [0, 0.05) is 35.1 Å². The van der Waals surface area contributed by atoms with Gasteiger partial charge < -0.3 is 15.5 Å². The highest BCUT2D eigenvalue weighted by Gasteiger charge is 2.15. The number of rotatable bonds is 2. The molecule has 0 bridgehead atoms. The molecule has 17 heavy (non-hydrogen) atoms. The topological polar surface area (TPSA) is 51.0 Å². The molecule has 0 saturated heterocycles. The zero-order chi connectivity index (χ0) is 11.7. The van der Waals surface area contributed by atoms with Crippen LogP contribution in [0.2, 0.25) is 0 Å². The summed E-state index contributed by atoms with van der Waals surface area (Å²) in [6.07, 6.45) is 5.01. The first-order chi connectivity index (χ1) is 8.38. The average molecular weight is 228 g/mol. The number of hydrogen-bond donors (Lipinski definition) is 2. The Morgan fingerprint density at radius 2 is 2.35 bits per heavy atom. The van der Waals surface area contributed by atoms with E-state index in [0.717, 1.165) is 19.6 Å². The molecular weight excluding hydrogens is 212 g/mol. The highest BCUT2D eigenvalue weighted by molar-refractivity contribution is 5.86. The van der Waals surface area contributed by atoms with E-state index in [4.69, 9.17) is 10.5 Å². The molecule has 88 valence electrons. The molecular formula is C14H16N2O. The molecule has 1 aromatic carbocycles. The van der Waals surface area contributed by atoms with Crippen LogP contribution < -0.4 is 5.73 Å². The highest BCUT2D eigenvalue weighted by Crippen LogP contribution is 2.27. The summed E-state index contributed by atoms with van der Waals surface area (Å²) in [7, 11) is 0. The van der Waals surface area contributed by atoms with E-state index in [1.54, 1.807) is 0 Å². The zero-order valence-electron chi connectivity index (χ0n) is 9.70. The van der Waals surface area contributed by atoms with E-state index in [1.807, 2.05) is 6.08 Å². The maximum absolute atomic E-state index is 5.53. The van der Waals surface area contributed by atoms with E-state index < -0.39 is 0 Å². The Hall–Kier alpha value is -1.58. The second-order valence-corrected chi connectivity index (χ2v) is 4.33. The first-order valence-corrected chi connectivity index (χ1v) is 5.96. The van der Waals surface area contributed by atoms with Crippen LogP contribution in [0.15, 0.2) is 24.3 Å². The summed E-state index contributed by atoms with van der Waals surface area (Å²) < 4.78 is 5.53. The molecule has 0 radical (unpaired) electrons. The lowest BCUT2D eigenvalue weighted by molar-refractivity contribution is 0.111. The smallest absolute Gasteiger partial charge is 0.0740 e. The average Bonchev–Trinajstić information content (AvgIpc) is 2.74. The highest BCUT2D eigenvalue weighted by atomic mass is 16.5. The van der Waals surface area contributed by atoms with Crippen molar-refractivity contribution >= 4 is 17.0 Å². The maximum Gasteiger partial charge on any atom is 0.0740 e. The van der Waals surface area contributed by atoms with Gasteiger partial charge in [-0.2, -0.15) is 0 Å². The van der Waals surface area contributed by atoms with E-state index in [1.165, 1.54) is 27.7 Å². The van der Waals surface area contributed by atoms with Gasteiger partial charge in [-0.15, -0.1) is 0 Å². The van der Waals surface area contributed by atoms with E-state index in [9.17, 15) is 0 Å². The van der Waals surface area contributed by atoms with Crippen molar-refractivity contribution in [3.8, 4) is 0 Å². The number of H-pyrrole nitrogens is 1. The van der Waals surface area contributed by atoms with Crippen molar-refractivity contribution in [2.45, 2.75) is 13.0 Å². The van der Waals surface area contributed by atoms with Gasteiger partial charge >= 0.3 is 0 Å². The summed E-state index contributed by atoms with van der Waals surface area (Å²) in [4.78, 5) is 3.47. The number of fused-ring (bicyclic) bond motifs is 3. The second-order valence-electron chi connectivity index (χ2n) is 4.33. The van der Waals surface area contributed by atoms with E-state index in [2.05, 4.69) is 29.3 Å². The van der Waals surface area contributed by atoms with Crippen LogP contribution >= 0.6 is 0 Å². The predicted octanol–water partition coefficient (Wildman–Crippen LogP) is 2.21. The van der Waals surface area contributed by atoms with E-state index in [0.29, 0.717) is 6.54 Å². The molecule has 3 nitrogen and oxygen atoms in total. The van der Waals surface area contributed by atoms with Crippen LogP contribution in [0.3, 0.4) is 0 Å². The fourth-order valence-corrected chi connectivity index (χ4v) is 2.36. The van der Waals surface area contributed by atoms with Gasteiger partial charge in [-0.3, -0.25) is 0 Å². The number of nitrogens with two attached hydrogens (primary N) is 1. The summed E-state index contributed by atoms with van der Waals surface area (Å²) in [6, 6.07) is 6.44. The van der Waals surface area contributed by atoms with Crippen molar-refractivity contribution in [2.75, 3.05) is 13.2 Å². The summed E-state index contributed by atoms with van der Waals surface area (Å²) in [5.41, 5.74) is 10.5. The first-order valence-electron chi connectivity index (χ1n) is 5.96. The molecule has 2 heterocycles. The molecule has 0 fully saturated rings. The Bertz CT molecular complexity index is 569. The van der Waals surface area contributed by atoms with Crippen molar-refractivity contribution in [3.63, 3.8) is 0 Å². The minimum Gasteiger partial charge on any atom is -0.376 e. The molecule has 0 spiro atoms. The Morgan fingerprint density at radius 1 is 1.41 bits per heavy atom. The van der Waals surface area contributed by atoms with Crippen LogP contribution in [0, 0.1) is 0 Å². The minimum atomic E-state index is 0.576. The second kappa shape index (κ2) is 4.35. The molecule has 0 atom stereocenters. The van der Waals surface area contributed by atoms with Gasteiger partial charge in [-0.25, -0.2) is 0 Å². The SMILES string of the molecule is NC/C=C/c1ccc2[nH]c3c(c2c1)COCC3. The van der Waals surface area contributed by atoms with Crippen molar-refractivity contribution in [2.24, 2.45) is 5.73 Å². The Labute approximate surface area is 100 Å². The van der Waals surface area contributed by atoms with Crippen LogP contribution in [-0.4, -0.2) is 18.1 Å². The fraction of sp³-hybridized carbons (Fsp3) is 0.286. The zero-order valence-corrected chi connectivity index (χ0v) is 9.70. The minimum absolute atomic E-state index is 0.576. The maximum atomic E-state index is 5.53. The van der Waals surface area contributed by atoms with Crippen LogP contribution in [0.5, 0.6) is 0 Å². The molecule has 1 aromatic heterocycles. The number of ether oxygens (including phenoxy) is 1. The summed E-state index contributed by atoms with van der Waals surface area (Å²) in [5, 5.41) is 1.28. The normalized spacial score (nSPS) is 15.6. The molecule has 0 unspecified atom stereocenters. The van der Waals surface area contributed by atoms with Gasteiger partial charge in [-0.05, 0) is 17.7 Å². The van der Waals surface area contributed by atoms with Gasteiger partial charge in [0.15, 0.2) is 0 Å². The molecule has 3 rings (SSSR count). The van der Waals surface area contributed by atoms with Crippen molar-refractivity contribution in [3.05, 3.63) is 41.1 Å². The molecule has 1 aliphatic heterocycles. The molecule has 0 amide bonds. The van der Waals surface area contributed by atoms with Crippen molar-refractivity contribution in [1.82, 2.24) is 4.98 Å². The standard InChI is InChI=1S/C14H16N2O/c15-6-1-2-10-3-4-13-11(8-10)12-9-17-7-5-14(12)16-13/h1-4,8,16H,5-7,9,15H2/b2-1+. The van der Waals surface area contributed by atoms with Gasteiger partial charge in [0.1, 0.15) is 0 Å². The predicted molar refractivity (Wildman–Crippen MR) is 69.7 cm³/mol. The monoisotopic (exact) mass is 228 g/mol. The largest absolute Gasteiger partial charge is 0.376 e. The number of aromatic nitrogens is 1. The van der Waals surface area contributed by atoms with E-state index >= 15 is 0 Å².